The van der Waals surface area contributed by atoms with Gasteiger partial charge < -0.3 is 9.85 Å². The molecular weight excluding hydrogens is 202 g/mol. The van der Waals surface area contributed by atoms with Crippen molar-refractivity contribution >= 4 is 5.78 Å². The average molecular weight is 227 g/mol. The zero-order chi connectivity index (χ0) is 12.0. The number of ketones is 1. The number of quaternary nitrogens is 1. The van der Waals surface area contributed by atoms with Gasteiger partial charge in [0.1, 0.15) is 5.78 Å². The molecule has 3 heteroatoms. The van der Waals surface area contributed by atoms with Crippen LogP contribution in [0.3, 0.4) is 0 Å². The second kappa shape index (κ2) is 6.36. The van der Waals surface area contributed by atoms with Crippen LogP contribution in [0, 0.1) is 11.1 Å². The number of carbonyl (C=O) groups is 1. The molecule has 1 aliphatic carbocycles. The highest BCUT2D eigenvalue weighted by molar-refractivity contribution is 5.80. The lowest BCUT2D eigenvalue weighted by Gasteiger charge is -2.33. The van der Waals surface area contributed by atoms with E-state index in [4.69, 9.17) is 0 Å². The largest absolute Gasteiger partial charge is 0.633 e. The molecule has 0 spiro atoms. The maximum atomic E-state index is 11.8. The fourth-order valence-corrected chi connectivity index (χ4v) is 2.42. The number of hydrogen-bond acceptors (Lipinski definition) is 2. The van der Waals surface area contributed by atoms with Gasteiger partial charge in [-0.1, -0.05) is 19.3 Å². The quantitative estimate of drug-likeness (QED) is 0.397. The summed E-state index contributed by atoms with van der Waals surface area (Å²) in [4.78, 5) is 11.8. The fourth-order valence-electron chi connectivity index (χ4n) is 2.42. The third-order valence-corrected chi connectivity index (χ3v) is 3.43. The van der Waals surface area contributed by atoms with E-state index in [1.54, 1.807) is 14.1 Å². The minimum absolute atomic E-state index is 0.238. The van der Waals surface area contributed by atoms with Crippen molar-refractivity contribution in [2.24, 2.45) is 5.92 Å². The second-order valence-electron chi connectivity index (χ2n) is 5.56. The van der Waals surface area contributed by atoms with Crippen LogP contribution in [0.25, 0.3) is 0 Å². The number of hydrogen-bond donors (Lipinski definition) is 0. The van der Waals surface area contributed by atoms with E-state index in [1.165, 1.54) is 19.3 Å². The number of carbonyl (C=O) groups excluding carboxylic acids is 1. The number of hydroxylamine groups is 3. The Kier molecular flexibility index (Phi) is 5.42. The smallest absolute Gasteiger partial charge is 0.135 e. The lowest BCUT2D eigenvalue weighted by Crippen LogP contribution is -2.33. The number of unbranched alkanes of at least 4 members (excludes halogenated alkanes) is 1. The molecule has 0 aromatic carbocycles. The molecular formula is C13H25NO2. The van der Waals surface area contributed by atoms with E-state index in [0.717, 1.165) is 25.7 Å². The molecule has 1 aliphatic rings. The third kappa shape index (κ3) is 5.61. The van der Waals surface area contributed by atoms with Gasteiger partial charge in [0, 0.05) is 12.3 Å². The van der Waals surface area contributed by atoms with Crippen molar-refractivity contribution in [3.8, 4) is 0 Å². The highest BCUT2D eigenvalue weighted by Crippen LogP contribution is 2.25. The van der Waals surface area contributed by atoms with Gasteiger partial charge >= 0.3 is 0 Å². The van der Waals surface area contributed by atoms with Crippen LogP contribution in [0.2, 0.25) is 0 Å². The molecule has 0 atom stereocenters. The molecule has 0 amide bonds. The predicted molar refractivity (Wildman–Crippen MR) is 65.8 cm³/mol. The highest BCUT2D eigenvalue weighted by atomic mass is 16.5. The van der Waals surface area contributed by atoms with Gasteiger partial charge in [0.15, 0.2) is 0 Å². The summed E-state index contributed by atoms with van der Waals surface area (Å²) in [6, 6.07) is 0. The summed E-state index contributed by atoms with van der Waals surface area (Å²) >= 11 is 0. The van der Waals surface area contributed by atoms with Gasteiger partial charge in [0.2, 0.25) is 0 Å². The Balaban J connectivity index is 2.10. The van der Waals surface area contributed by atoms with Crippen LogP contribution in [-0.4, -0.2) is 31.1 Å². The summed E-state index contributed by atoms with van der Waals surface area (Å²) in [5.74, 6) is 0.777. The molecule has 0 aromatic rings. The minimum Gasteiger partial charge on any atom is -0.633 e. The Bertz CT molecular complexity index is 214. The molecule has 0 heterocycles. The van der Waals surface area contributed by atoms with Gasteiger partial charge in [-0.15, -0.1) is 0 Å². The molecule has 16 heavy (non-hydrogen) atoms. The first-order chi connectivity index (χ1) is 7.49. The van der Waals surface area contributed by atoms with Crippen molar-refractivity contribution in [2.75, 3.05) is 20.6 Å². The first-order valence-corrected chi connectivity index (χ1v) is 6.56. The SMILES string of the molecule is C[N+](C)([O-])CCCCC(=O)C1CCCCC1. The Hall–Kier alpha value is -0.410. The molecule has 1 saturated carbocycles. The Morgan fingerprint density at radius 1 is 1.19 bits per heavy atom. The molecule has 3 nitrogen and oxygen atoms in total. The number of rotatable bonds is 6. The van der Waals surface area contributed by atoms with E-state index < -0.39 is 0 Å². The molecule has 0 aliphatic heterocycles. The maximum absolute atomic E-state index is 11.8. The van der Waals surface area contributed by atoms with Crippen molar-refractivity contribution in [3.05, 3.63) is 5.21 Å². The lowest BCUT2D eigenvalue weighted by molar-refractivity contribution is -0.840. The minimum atomic E-state index is -0.238. The van der Waals surface area contributed by atoms with Crippen LogP contribution >= 0.6 is 0 Å². The number of Topliss-reactive ketones (excluding diaryl/α,β-unsaturated/α-hetero) is 1. The molecule has 0 N–H and O–H groups in total. The Morgan fingerprint density at radius 3 is 2.38 bits per heavy atom. The standard InChI is InChI=1S/C13H25NO2/c1-14(2,16)11-7-6-10-13(15)12-8-4-3-5-9-12/h12H,3-11H2,1-2H3. The maximum Gasteiger partial charge on any atom is 0.135 e. The molecule has 0 bridgehead atoms. The predicted octanol–water partition coefficient (Wildman–Crippen LogP) is 2.88. The number of nitrogens with zero attached hydrogens (tertiary/aromatic N) is 1. The molecule has 0 radical (unpaired) electrons. The first-order valence-electron chi connectivity index (χ1n) is 6.56. The normalized spacial score (nSPS) is 18.7. The van der Waals surface area contributed by atoms with E-state index in [-0.39, 0.29) is 4.65 Å². The molecule has 1 rings (SSSR count). The van der Waals surface area contributed by atoms with Crippen LogP contribution < -0.4 is 0 Å². The van der Waals surface area contributed by atoms with E-state index in [2.05, 4.69) is 0 Å². The summed E-state index contributed by atoms with van der Waals surface area (Å²) in [6.07, 6.45) is 8.39. The van der Waals surface area contributed by atoms with E-state index >= 15 is 0 Å². The summed E-state index contributed by atoms with van der Waals surface area (Å²) in [7, 11) is 3.31. The van der Waals surface area contributed by atoms with Gasteiger partial charge in [-0.25, -0.2) is 0 Å². The van der Waals surface area contributed by atoms with Crippen LogP contribution in [0.5, 0.6) is 0 Å². The van der Waals surface area contributed by atoms with E-state index in [1.807, 2.05) is 0 Å². The van der Waals surface area contributed by atoms with Crippen molar-refractivity contribution in [1.82, 2.24) is 0 Å². The second-order valence-corrected chi connectivity index (χ2v) is 5.56. The van der Waals surface area contributed by atoms with Crippen LogP contribution in [0.15, 0.2) is 0 Å². The molecule has 0 unspecified atom stereocenters. The molecule has 94 valence electrons. The summed E-state index contributed by atoms with van der Waals surface area (Å²) in [5, 5.41) is 11.3. The van der Waals surface area contributed by atoms with Gasteiger partial charge in [-0.3, -0.25) is 4.79 Å². The Morgan fingerprint density at radius 2 is 1.81 bits per heavy atom. The highest BCUT2D eigenvalue weighted by Gasteiger charge is 2.20. The van der Waals surface area contributed by atoms with E-state index in [9.17, 15) is 10.0 Å². The van der Waals surface area contributed by atoms with Crippen molar-refractivity contribution < 1.29 is 9.44 Å². The third-order valence-electron chi connectivity index (χ3n) is 3.43. The topological polar surface area (TPSA) is 40.1 Å². The molecule has 1 fully saturated rings. The van der Waals surface area contributed by atoms with Crippen LogP contribution in [-0.2, 0) is 4.79 Å². The van der Waals surface area contributed by atoms with E-state index in [0.29, 0.717) is 24.7 Å². The molecule has 0 saturated heterocycles. The van der Waals surface area contributed by atoms with Crippen molar-refractivity contribution in [1.29, 1.82) is 0 Å². The van der Waals surface area contributed by atoms with Crippen LogP contribution in [0.4, 0.5) is 0 Å². The summed E-state index contributed by atoms with van der Waals surface area (Å²) < 4.78 is -0.238. The monoisotopic (exact) mass is 227 g/mol. The van der Waals surface area contributed by atoms with Gasteiger partial charge in [0.05, 0.1) is 20.6 Å². The fraction of sp³-hybridized carbons (Fsp3) is 0.923. The lowest BCUT2D eigenvalue weighted by atomic mass is 9.85. The first kappa shape index (κ1) is 13.7. The zero-order valence-corrected chi connectivity index (χ0v) is 10.7. The summed E-state index contributed by atoms with van der Waals surface area (Å²) in [6.45, 7) is 0.623. The Labute approximate surface area is 99.0 Å². The van der Waals surface area contributed by atoms with Gasteiger partial charge in [-0.05, 0) is 25.7 Å². The zero-order valence-electron chi connectivity index (χ0n) is 10.7. The average Bonchev–Trinajstić information content (AvgIpc) is 2.24. The summed E-state index contributed by atoms with van der Waals surface area (Å²) in [5.41, 5.74) is 0. The van der Waals surface area contributed by atoms with Gasteiger partial charge in [-0.2, -0.15) is 0 Å². The van der Waals surface area contributed by atoms with Crippen LogP contribution in [0.1, 0.15) is 51.4 Å². The molecule has 0 aromatic heterocycles. The van der Waals surface area contributed by atoms with Crippen molar-refractivity contribution in [3.63, 3.8) is 0 Å². The van der Waals surface area contributed by atoms with Crippen molar-refractivity contribution in [2.45, 2.75) is 51.4 Å². The van der Waals surface area contributed by atoms with Gasteiger partial charge in [0.25, 0.3) is 0 Å².